The number of likely N-dealkylation sites (N-methyl/N-ethyl adjacent to an activating group) is 1. The Kier molecular flexibility index (Phi) is 18.2. The summed E-state index contributed by atoms with van der Waals surface area (Å²) in [4.78, 5) is 91.5. The summed E-state index contributed by atoms with van der Waals surface area (Å²) in [6.07, 6.45) is 1.57. The molecule has 1 unspecified atom stereocenters. The highest BCUT2D eigenvalue weighted by Gasteiger charge is 2.39. The van der Waals surface area contributed by atoms with Crippen LogP contribution in [0, 0.1) is 17.8 Å². The van der Waals surface area contributed by atoms with Crippen LogP contribution in [0.25, 0.3) is 0 Å². The van der Waals surface area contributed by atoms with Crippen molar-refractivity contribution < 1.29 is 43.0 Å². The van der Waals surface area contributed by atoms with Crippen molar-refractivity contribution in [2.75, 3.05) is 52.4 Å². The van der Waals surface area contributed by atoms with Crippen molar-refractivity contribution in [3.63, 3.8) is 0 Å². The third-order valence-corrected chi connectivity index (χ3v) is 8.54. The Labute approximate surface area is 306 Å². The number of carbonyl (C=O) groups excluding carboxylic acids is 7. The fourth-order valence-electron chi connectivity index (χ4n) is 5.30. The topological polar surface area (TPSA) is 210 Å². The van der Waals surface area contributed by atoms with E-state index in [1.54, 1.807) is 38.1 Å². The highest BCUT2D eigenvalue weighted by molar-refractivity contribution is 6.03. The Morgan fingerprint density at radius 3 is 2.17 bits per heavy atom. The third-order valence-electron chi connectivity index (χ3n) is 8.54. The smallest absolute Gasteiger partial charge is 0.411 e. The molecule has 0 aliphatic carbocycles. The predicted octanol–water partition coefficient (Wildman–Crippen LogP) is 1.82. The van der Waals surface area contributed by atoms with E-state index in [2.05, 4.69) is 16.0 Å². The first-order valence-electron chi connectivity index (χ1n) is 17.8. The number of benzene rings is 1. The minimum absolute atomic E-state index is 0.0461. The van der Waals surface area contributed by atoms with Crippen LogP contribution in [0.1, 0.15) is 72.3 Å². The van der Waals surface area contributed by atoms with Crippen LogP contribution < -0.4 is 21.7 Å². The van der Waals surface area contributed by atoms with Crippen LogP contribution in [-0.4, -0.2) is 115 Å². The molecule has 0 aromatic heterocycles. The van der Waals surface area contributed by atoms with Gasteiger partial charge in [-0.15, -0.1) is 0 Å². The molecule has 52 heavy (non-hydrogen) atoms. The largest absolute Gasteiger partial charge is 0.444 e. The van der Waals surface area contributed by atoms with Crippen LogP contribution in [-0.2, 0) is 44.8 Å². The van der Waals surface area contributed by atoms with Crippen molar-refractivity contribution in [2.45, 2.75) is 85.4 Å². The number of anilines is 1. The number of amides is 7. The zero-order valence-electron chi connectivity index (χ0n) is 31.6. The van der Waals surface area contributed by atoms with Crippen LogP contribution >= 0.6 is 0 Å². The molecule has 0 spiro atoms. The Morgan fingerprint density at radius 1 is 0.923 bits per heavy atom. The number of rotatable bonds is 22. The number of nitrogens with one attached hydrogen (secondary N) is 3. The van der Waals surface area contributed by atoms with Gasteiger partial charge in [0.2, 0.25) is 35.4 Å². The van der Waals surface area contributed by atoms with Crippen LogP contribution in [0.3, 0.4) is 0 Å². The highest BCUT2D eigenvalue weighted by Crippen LogP contribution is 2.26. The lowest BCUT2D eigenvalue weighted by molar-refractivity contribution is -0.140. The molecule has 0 radical (unpaired) electrons. The minimum atomic E-state index is -0.914. The maximum absolute atomic E-state index is 13.1. The van der Waals surface area contributed by atoms with Crippen molar-refractivity contribution in [2.24, 2.45) is 23.5 Å². The Balaban J connectivity index is 1.79. The molecule has 1 saturated heterocycles. The SMILES string of the molecule is CC(C)C1CC(=O)N(CCCCCC(=O)N[C@H](C(=O)N[C@@H](C)C(=O)Nc2ccc(COC(=O)N(CCN(C)C)COCC(N)=O)cc2)C(C)C)C1=O. The van der Waals surface area contributed by atoms with Crippen molar-refractivity contribution in [3.8, 4) is 0 Å². The van der Waals surface area contributed by atoms with Crippen molar-refractivity contribution in [3.05, 3.63) is 29.8 Å². The van der Waals surface area contributed by atoms with Crippen LogP contribution in [0.4, 0.5) is 10.5 Å². The van der Waals surface area contributed by atoms with Gasteiger partial charge in [-0.3, -0.25) is 38.6 Å². The molecule has 1 aromatic rings. The van der Waals surface area contributed by atoms with Crippen molar-refractivity contribution in [1.82, 2.24) is 25.3 Å². The first-order chi connectivity index (χ1) is 24.5. The number of imide groups is 1. The fraction of sp³-hybridized carbons (Fsp3) is 0.639. The Hall–Kier alpha value is -4.57. The number of carbonyl (C=O) groups is 7. The number of nitrogens with zero attached hydrogens (tertiary/aromatic N) is 3. The first-order valence-corrected chi connectivity index (χ1v) is 17.8. The normalized spacial score (nSPS) is 15.5. The zero-order valence-corrected chi connectivity index (χ0v) is 31.6. The second-order valence-corrected chi connectivity index (χ2v) is 14.0. The summed E-state index contributed by atoms with van der Waals surface area (Å²) in [6.45, 7) is 9.65. The van der Waals surface area contributed by atoms with Crippen LogP contribution in [0.2, 0.25) is 0 Å². The molecule has 1 heterocycles. The van der Waals surface area contributed by atoms with E-state index in [0.717, 1.165) is 0 Å². The van der Waals surface area contributed by atoms with E-state index >= 15 is 0 Å². The lowest BCUT2D eigenvalue weighted by Crippen LogP contribution is -2.53. The molecule has 16 heteroatoms. The molecule has 0 saturated carbocycles. The number of likely N-dealkylation sites (tertiary alicyclic amines) is 1. The van der Waals surface area contributed by atoms with Crippen LogP contribution in [0.15, 0.2) is 24.3 Å². The molecule has 3 atom stereocenters. The molecular formula is C36H57N7O9. The number of unbranched alkanes of at least 4 members (excludes halogenated alkanes) is 2. The van der Waals surface area contributed by atoms with E-state index in [4.69, 9.17) is 15.2 Å². The lowest BCUT2D eigenvalue weighted by atomic mass is 9.94. The Bertz CT molecular complexity index is 1380. The van der Waals surface area contributed by atoms with Gasteiger partial charge in [0.1, 0.15) is 32.0 Å². The van der Waals surface area contributed by atoms with Gasteiger partial charge in [0.15, 0.2) is 0 Å². The fourth-order valence-corrected chi connectivity index (χ4v) is 5.30. The number of hydrogen-bond acceptors (Lipinski definition) is 10. The number of primary amides is 1. The van der Waals surface area contributed by atoms with Gasteiger partial charge in [0.05, 0.1) is 0 Å². The summed E-state index contributed by atoms with van der Waals surface area (Å²) < 4.78 is 10.6. The van der Waals surface area contributed by atoms with Crippen molar-refractivity contribution in [1.29, 1.82) is 0 Å². The molecule has 5 N–H and O–H groups in total. The van der Waals surface area contributed by atoms with Gasteiger partial charge < -0.3 is 36.1 Å². The zero-order chi connectivity index (χ0) is 39.0. The van der Waals surface area contributed by atoms with Gasteiger partial charge in [-0.2, -0.15) is 0 Å². The summed E-state index contributed by atoms with van der Waals surface area (Å²) >= 11 is 0. The number of hydrogen-bond donors (Lipinski definition) is 4. The summed E-state index contributed by atoms with van der Waals surface area (Å²) in [6, 6.07) is 4.86. The second-order valence-electron chi connectivity index (χ2n) is 14.0. The molecule has 1 aromatic carbocycles. The van der Waals surface area contributed by atoms with Crippen LogP contribution in [0.5, 0.6) is 0 Å². The summed E-state index contributed by atoms with van der Waals surface area (Å²) in [5, 5.41) is 8.17. The van der Waals surface area contributed by atoms with Gasteiger partial charge >= 0.3 is 6.09 Å². The monoisotopic (exact) mass is 731 g/mol. The predicted molar refractivity (Wildman–Crippen MR) is 193 cm³/mol. The molecule has 290 valence electrons. The molecule has 0 bridgehead atoms. The van der Waals surface area contributed by atoms with Gasteiger partial charge in [-0.05, 0) is 63.4 Å². The van der Waals surface area contributed by atoms with Gasteiger partial charge in [-0.1, -0.05) is 46.2 Å². The molecule has 16 nitrogen and oxygen atoms in total. The molecule has 1 aliphatic rings. The minimum Gasteiger partial charge on any atom is -0.444 e. The molecule has 2 rings (SSSR count). The average molecular weight is 732 g/mol. The highest BCUT2D eigenvalue weighted by atomic mass is 16.6. The molecule has 1 aliphatic heterocycles. The Morgan fingerprint density at radius 2 is 1.60 bits per heavy atom. The summed E-state index contributed by atoms with van der Waals surface area (Å²) in [5.74, 6) is -2.57. The van der Waals surface area contributed by atoms with E-state index in [9.17, 15) is 33.6 Å². The van der Waals surface area contributed by atoms with Gasteiger partial charge in [0, 0.05) is 44.1 Å². The van der Waals surface area contributed by atoms with E-state index < -0.39 is 35.9 Å². The first kappa shape index (κ1) is 43.6. The summed E-state index contributed by atoms with van der Waals surface area (Å²) in [5.41, 5.74) is 6.21. The van der Waals surface area contributed by atoms with E-state index in [0.29, 0.717) is 50.1 Å². The molecular weight excluding hydrogens is 674 g/mol. The number of ether oxygens (including phenoxy) is 2. The van der Waals surface area contributed by atoms with E-state index in [1.807, 2.05) is 32.8 Å². The van der Waals surface area contributed by atoms with E-state index in [1.165, 1.54) is 16.7 Å². The lowest BCUT2D eigenvalue weighted by Gasteiger charge is -2.24. The standard InChI is InChI=1S/C36H57N7O9/c1-23(2)28-19-31(46)43(35(28)49)16-10-8-9-11-30(45)40-32(24(3)4)34(48)38-25(5)33(47)39-27-14-12-26(13-15-27)20-52-36(50)42(18-17-41(6)7)22-51-21-29(37)44/h12-15,23-25,28,32H,8-11,16-22H2,1-7H3,(H2,37,44)(H,38,48)(H,39,47)(H,40,45)/t25-,28?,32-/m0/s1. The van der Waals surface area contributed by atoms with Gasteiger partial charge in [-0.25, -0.2) is 4.79 Å². The molecule has 1 fully saturated rings. The number of nitrogens with two attached hydrogens (primary N) is 1. The second kappa shape index (κ2) is 21.7. The maximum Gasteiger partial charge on any atom is 0.411 e. The van der Waals surface area contributed by atoms with Gasteiger partial charge in [0.25, 0.3) is 0 Å². The average Bonchev–Trinajstić information content (AvgIpc) is 3.36. The summed E-state index contributed by atoms with van der Waals surface area (Å²) in [7, 11) is 3.71. The van der Waals surface area contributed by atoms with Crippen molar-refractivity contribution >= 4 is 47.2 Å². The third kappa shape index (κ3) is 15.0. The quantitative estimate of drug-likeness (QED) is 0.0772. The molecule has 7 amide bonds. The maximum atomic E-state index is 13.1. The van der Waals surface area contributed by atoms with E-state index in [-0.39, 0.29) is 68.3 Å².